The van der Waals surface area contributed by atoms with Gasteiger partial charge in [-0.1, -0.05) is 11.3 Å². The third kappa shape index (κ3) is 3.15. The van der Waals surface area contributed by atoms with Gasteiger partial charge < -0.3 is 14.7 Å². The monoisotopic (exact) mass is 345 g/mol. The minimum absolute atomic E-state index is 0.893. The Morgan fingerprint density at radius 2 is 1.54 bits per heavy atom. The van der Waals surface area contributed by atoms with Gasteiger partial charge in [-0.3, -0.25) is 0 Å². The fraction of sp³-hybridized carbons (Fsp3) is 0.625. The molecule has 7 nitrogen and oxygen atoms in total. The van der Waals surface area contributed by atoms with Gasteiger partial charge in [-0.2, -0.15) is 4.98 Å². The fourth-order valence-corrected chi connectivity index (χ4v) is 4.04. The average Bonchev–Trinajstić information content (AvgIpc) is 3.26. The first-order valence-electron chi connectivity index (χ1n) is 8.60. The molecule has 2 aromatic rings. The van der Waals surface area contributed by atoms with E-state index in [9.17, 15) is 0 Å². The van der Waals surface area contributed by atoms with Gasteiger partial charge >= 0.3 is 0 Å². The van der Waals surface area contributed by atoms with Crippen molar-refractivity contribution in [1.29, 1.82) is 0 Å². The second kappa shape index (κ2) is 6.51. The van der Waals surface area contributed by atoms with E-state index in [0.29, 0.717) is 0 Å². The van der Waals surface area contributed by atoms with Crippen molar-refractivity contribution in [2.24, 2.45) is 0 Å². The van der Waals surface area contributed by atoms with Crippen molar-refractivity contribution in [2.45, 2.75) is 26.7 Å². The summed E-state index contributed by atoms with van der Waals surface area (Å²) in [5.74, 6) is 1.95. The summed E-state index contributed by atoms with van der Waals surface area (Å²) in [7, 11) is 0. The molecule has 4 rings (SSSR count). The zero-order valence-corrected chi connectivity index (χ0v) is 15.1. The molecule has 0 bridgehead atoms. The Morgan fingerprint density at radius 3 is 2.21 bits per heavy atom. The topological polar surface area (TPSA) is 61.3 Å². The first-order valence-corrected chi connectivity index (χ1v) is 9.41. The van der Waals surface area contributed by atoms with E-state index in [1.54, 1.807) is 11.3 Å². The lowest BCUT2D eigenvalue weighted by molar-refractivity contribution is 0.642. The summed E-state index contributed by atoms with van der Waals surface area (Å²) in [6.45, 7) is 10.0. The van der Waals surface area contributed by atoms with Crippen molar-refractivity contribution in [2.75, 3.05) is 54.0 Å². The standard InChI is InChI=1S/C16H23N7S/c1-12-11-14(18-15(17-12)22-5-3-4-6-22)21-7-9-23(10-8-21)16-20-19-13(2)24-16/h11H,3-10H2,1-2H3. The van der Waals surface area contributed by atoms with Crippen LogP contribution in [0.15, 0.2) is 6.07 Å². The highest BCUT2D eigenvalue weighted by Crippen LogP contribution is 2.24. The number of hydrogen-bond donors (Lipinski definition) is 0. The zero-order valence-electron chi connectivity index (χ0n) is 14.3. The van der Waals surface area contributed by atoms with Crippen LogP contribution < -0.4 is 14.7 Å². The Kier molecular flexibility index (Phi) is 4.22. The summed E-state index contributed by atoms with van der Waals surface area (Å²) in [4.78, 5) is 16.5. The minimum Gasteiger partial charge on any atom is -0.353 e. The van der Waals surface area contributed by atoms with Crippen molar-refractivity contribution < 1.29 is 0 Å². The van der Waals surface area contributed by atoms with E-state index in [4.69, 9.17) is 4.98 Å². The highest BCUT2D eigenvalue weighted by molar-refractivity contribution is 7.15. The molecule has 0 saturated carbocycles. The Labute approximate surface area is 146 Å². The number of rotatable bonds is 3. The molecule has 0 N–H and O–H groups in total. The maximum atomic E-state index is 4.84. The van der Waals surface area contributed by atoms with Gasteiger partial charge in [-0.15, -0.1) is 10.2 Å². The summed E-state index contributed by atoms with van der Waals surface area (Å²) < 4.78 is 0. The normalized spacial score (nSPS) is 18.5. The van der Waals surface area contributed by atoms with E-state index in [-0.39, 0.29) is 0 Å². The van der Waals surface area contributed by atoms with Crippen molar-refractivity contribution in [3.05, 3.63) is 16.8 Å². The SMILES string of the molecule is Cc1cc(N2CCN(c3nnc(C)s3)CC2)nc(N2CCCC2)n1. The zero-order chi connectivity index (χ0) is 16.5. The van der Waals surface area contributed by atoms with Crippen LogP contribution in [0.1, 0.15) is 23.5 Å². The predicted molar refractivity (Wildman–Crippen MR) is 97.3 cm³/mol. The third-order valence-electron chi connectivity index (χ3n) is 4.61. The number of hydrogen-bond acceptors (Lipinski definition) is 8. The second-order valence-electron chi connectivity index (χ2n) is 6.44. The van der Waals surface area contributed by atoms with E-state index in [0.717, 1.165) is 66.9 Å². The van der Waals surface area contributed by atoms with E-state index < -0.39 is 0 Å². The molecule has 0 aromatic carbocycles. The van der Waals surface area contributed by atoms with Crippen LogP contribution in [0.2, 0.25) is 0 Å². The van der Waals surface area contributed by atoms with E-state index in [1.165, 1.54) is 12.8 Å². The van der Waals surface area contributed by atoms with Crippen LogP contribution in [-0.4, -0.2) is 59.4 Å². The molecule has 0 spiro atoms. The van der Waals surface area contributed by atoms with E-state index in [2.05, 4.69) is 42.9 Å². The molecule has 0 unspecified atom stereocenters. The highest BCUT2D eigenvalue weighted by atomic mass is 32.1. The van der Waals surface area contributed by atoms with Crippen molar-refractivity contribution in [3.63, 3.8) is 0 Å². The summed E-state index contributed by atoms with van der Waals surface area (Å²) >= 11 is 1.67. The fourth-order valence-electron chi connectivity index (χ4n) is 3.30. The molecule has 128 valence electrons. The molecule has 2 aliphatic heterocycles. The van der Waals surface area contributed by atoms with Crippen molar-refractivity contribution >= 4 is 28.2 Å². The number of nitrogens with zero attached hydrogens (tertiary/aromatic N) is 7. The molecule has 0 aliphatic carbocycles. The molecular formula is C16H23N7S. The number of aromatic nitrogens is 4. The molecule has 2 saturated heterocycles. The first-order chi connectivity index (χ1) is 11.7. The first kappa shape index (κ1) is 15.6. The van der Waals surface area contributed by atoms with Crippen LogP contribution in [0, 0.1) is 13.8 Å². The van der Waals surface area contributed by atoms with Crippen LogP contribution in [0.25, 0.3) is 0 Å². The molecule has 4 heterocycles. The molecule has 2 aromatic heterocycles. The minimum atomic E-state index is 0.893. The Hall–Kier alpha value is -1.96. The molecule has 24 heavy (non-hydrogen) atoms. The molecule has 8 heteroatoms. The van der Waals surface area contributed by atoms with E-state index in [1.807, 2.05) is 6.92 Å². The summed E-state index contributed by atoms with van der Waals surface area (Å²) in [5.41, 5.74) is 1.05. The Bertz CT molecular complexity index is 702. The maximum absolute atomic E-state index is 4.84. The molecule has 0 atom stereocenters. The average molecular weight is 345 g/mol. The molecule has 0 amide bonds. The quantitative estimate of drug-likeness (QED) is 0.841. The third-order valence-corrected chi connectivity index (χ3v) is 5.51. The molecule has 2 aliphatic rings. The summed E-state index contributed by atoms with van der Waals surface area (Å²) in [5, 5.41) is 10.4. The lowest BCUT2D eigenvalue weighted by Gasteiger charge is -2.35. The second-order valence-corrected chi connectivity index (χ2v) is 7.60. The smallest absolute Gasteiger partial charge is 0.227 e. The lowest BCUT2D eigenvalue weighted by Crippen LogP contribution is -2.47. The Balaban J connectivity index is 1.47. The summed E-state index contributed by atoms with van der Waals surface area (Å²) in [6.07, 6.45) is 2.49. The van der Waals surface area contributed by atoms with Crippen LogP contribution in [0.4, 0.5) is 16.9 Å². The van der Waals surface area contributed by atoms with Crippen LogP contribution >= 0.6 is 11.3 Å². The largest absolute Gasteiger partial charge is 0.353 e. The maximum Gasteiger partial charge on any atom is 0.227 e. The molecule has 2 fully saturated rings. The van der Waals surface area contributed by atoms with Gasteiger partial charge in [0.05, 0.1) is 0 Å². The van der Waals surface area contributed by atoms with Crippen LogP contribution in [0.3, 0.4) is 0 Å². The number of piperazine rings is 1. The van der Waals surface area contributed by atoms with Gasteiger partial charge in [0.25, 0.3) is 0 Å². The van der Waals surface area contributed by atoms with Crippen LogP contribution in [-0.2, 0) is 0 Å². The van der Waals surface area contributed by atoms with Gasteiger partial charge in [-0.25, -0.2) is 4.98 Å². The van der Waals surface area contributed by atoms with E-state index >= 15 is 0 Å². The number of anilines is 3. The van der Waals surface area contributed by atoms with Gasteiger partial charge in [0.15, 0.2) is 0 Å². The van der Waals surface area contributed by atoms with Gasteiger partial charge in [0, 0.05) is 51.0 Å². The predicted octanol–water partition coefficient (Wildman–Crippen LogP) is 1.87. The van der Waals surface area contributed by atoms with Gasteiger partial charge in [0.2, 0.25) is 11.1 Å². The lowest BCUT2D eigenvalue weighted by atomic mass is 10.3. The molecular weight excluding hydrogens is 322 g/mol. The van der Waals surface area contributed by atoms with Gasteiger partial charge in [-0.05, 0) is 26.7 Å². The van der Waals surface area contributed by atoms with Crippen LogP contribution in [0.5, 0.6) is 0 Å². The Morgan fingerprint density at radius 1 is 0.833 bits per heavy atom. The van der Waals surface area contributed by atoms with Crippen molar-refractivity contribution in [3.8, 4) is 0 Å². The summed E-state index contributed by atoms with van der Waals surface area (Å²) in [6, 6.07) is 2.10. The molecule has 0 radical (unpaired) electrons. The van der Waals surface area contributed by atoms with Crippen molar-refractivity contribution in [1.82, 2.24) is 20.2 Å². The van der Waals surface area contributed by atoms with Gasteiger partial charge in [0.1, 0.15) is 10.8 Å². The number of aryl methyl sites for hydroxylation is 2. The highest BCUT2D eigenvalue weighted by Gasteiger charge is 2.22.